The van der Waals surface area contributed by atoms with Crippen LogP contribution in [0.2, 0.25) is 0 Å². The predicted octanol–water partition coefficient (Wildman–Crippen LogP) is 2.60. The third-order valence-corrected chi connectivity index (χ3v) is 4.90. The Kier molecular flexibility index (Phi) is 4.42. The molecule has 0 saturated heterocycles. The van der Waals surface area contributed by atoms with Crippen molar-refractivity contribution < 1.29 is 17.9 Å². The molecular weight excluding hydrogens is 298 g/mol. The molecule has 0 amide bonds. The molecule has 108 valence electrons. The number of thioether (sulfide) groups is 1. The third-order valence-electron chi connectivity index (χ3n) is 2.69. The molecule has 7 heteroatoms. The first-order valence-corrected chi connectivity index (χ1v) is 8.54. The SMILES string of the molecule is CSc1cccc(NS(=O)(=O)c2cc(CO)oc2C)c1. The Morgan fingerprint density at radius 3 is 2.70 bits per heavy atom. The van der Waals surface area contributed by atoms with Gasteiger partial charge in [-0.3, -0.25) is 4.72 Å². The highest BCUT2D eigenvalue weighted by molar-refractivity contribution is 7.98. The van der Waals surface area contributed by atoms with E-state index < -0.39 is 10.0 Å². The minimum Gasteiger partial charge on any atom is -0.462 e. The van der Waals surface area contributed by atoms with E-state index in [0.29, 0.717) is 5.69 Å². The van der Waals surface area contributed by atoms with Crippen molar-refractivity contribution in [1.29, 1.82) is 0 Å². The van der Waals surface area contributed by atoms with E-state index in [1.807, 2.05) is 12.3 Å². The molecule has 0 unspecified atom stereocenters. The van der Waals surface area contributed by atoms with Gasteiger partial charge in [-0.15, -0.1) is 11.8 Å². The van der Waals surface area contributed by atoms with Crippen molar-refractivity contribution in [3.8, 4) is 0 Å². The second kappa shape index (κ2) is 5.90. The van der Waals surface area contributed by atoms with Gasteiger partial charge in [0.15, 0.2) is 0 Å². The molecule has 2 N–H and O–H groups in total. The summed E-state index contributed by atoms with van der Waals surface area (Å²) < 4.78 is 32.2. The number of benzene rings is 1. The number of furan rings is 1. The molecule has 1 aromatic heterocycles. The number of nitrogens with one attached hydrogen (secondary N) is 1. The summed E-state index contributed by atoms with van der Waals surface area (Å²) in [6.07, 6.45) is 1.92. The summed E-state index contributed by atoms with van der Waals surface area (Å²) >= 11 is 1.53. The number of hydrogen-bond acceptors (Lipinski definition) is 5. The van der Waals surface area contributed by atoms with Crippen LogP contribution < -0.4 is 4.72 Å². The molecule has 0 aliphatic rings. The van der Waals surface area contributed by atoms with Gasteiger partial charge in [-0.25, -0.2) is 8.42 Å². The summed E-state index contributed by atoms with van der Waals surface area (Å²) in [7, 11) is -3.72. The van der Waals surface area contributed by atoms with Crippen molar-refractivity contribution in [1.82, 2.24) is 0 Å². The molecule has 0 fully saturated rings. The molecular formula is C13H15NO4S2. The van der Waals surface area contributed by atoms with Gasteiger partial charge in [0.2, 0.25) is 0 Å². The average Bonchev–Trinajstić information content (AvgIpc) is 2.80. The maximum absolute atomic E-state index is 12.3. The summed E-state index contributed by atoms with van der Waals surface area (Å²) in [4.78, 5) is 1.00. The molecule has 2 aromatic rings. The van der Waals surface area contributed by atoms with Crippen LogP contribution in [0.4, 0.5) is 5.69 Å². The molecule has 20 heavy (non-hydrogen) atoms. The van der Waals surface area contributed by atoms with E-state index in [2.05, 4.69) is 4.72 Å². The lowest BCUT2D eigenvalue weighted by Gasteiger charge is -2.07. The lowest BCUT2D eigenvalue weighted by molar-refractivity contribution is 0.245. The van der Waals surface area contributed by atoms with E-state index in [-0.39, 0.29) is 23.0 Å². The maximum Gasteiger partial charge on any atom is 0.265 e. The highest BCUT2D eigenvalue weighted by Crippen LogP contribution is 2.25. The predicted molar refractivity (Wildman–Crippen MR) is 78.4 cm³/mol. The summed E-state index contributed by atoms with van der Waals surface area (Å²) in [6.45, 7) is 1.21. The minimum absolute atomic E-state index is 0.0381. The Balaban J connectivity index is 2.32. The number of sulfonamides is 1. The second-order valence-corrected chi connectivity index (χ2v) is 6.66. The molecule has 0 aliphatic carbocycles. The van der Waals surface area contributed by atoms with Gasteiger partial charge >= 0.3 is 0 Å². The van der Waals surface area contributed by atoms with Crippen molar-refractivity contribution in [3.05, 3.63) is 41.9 Å². The Bertz CT molecular complexity index is 707. The van der Waals surface area contributed by atoms with Gasteiger partial charge in [-0.05, 0) is 31.4 Å². The smallest absolute Gasteiger partial charge is 0.265 e. The van der Waals surface area contributed by atoms with Crippen molar-refractivity contribution in [2.75, 3.05) is 11.0 Å². The van der Waals surface area contributed by atoms with E-state index in [0.717, 1.165) is 4.90 Å². The zero-order valence-corrected chi connectivity index (χ0v) is 12.7. The minimum atomic E-state index is -3.72. The molecule has 1 aromatic carbocycles. The van der Waals surface area contributed by atoms with Crippen LogP contribution in [0.5, 0.6) is 0 Å². The quantitative estimate of drug-likeness (QED) is 0.829. The molecule has 0 radical (unpaired) electrons. The number of aliphatic hydroxyl groups excluding tert-OH is 1. The maximum atomic E-state index is 12.3. The van der Waals surface area contributed by atoms with Crippen LogP contribution in [-0.4, -0.2) is 19.8 Å². The van der Waals surface area contributed by atoms with Crippen LogP contribution in [0.15, 0.2) is 44.5 Å². The number of anilines is 1. The molecule has 0 bridgehead atoms. The lowest BCUT2D eigenvalue weighted by Crippen LogP contribution is -2.13. The number of hydrogen-bond donors (Lipinski definition) is 2. The number of aryl methyl sites for hydroxylation is 1. The first-order valence-electron chi connectivity index (χ1n) is 5.83. The normalized spacial score (nSPS) is 11.6. The Morgan fingerprint density at radius 2 is 2.10 bits per heavy atom. The van der Waals surface area contributed by atoms with Gasteiger partial charge in [-0.2, -0.15) is 0 Å². The van der Waals surface area contributed by atoms with Crippen molar-refractivity contribution in [2.45, 2.75) is 23.3 Å². The van der Waals surface area contributed by atoms with Crippen LogP contribution in [-0.2, 0) is 16.6 Å². The molecule has 1 heterocycles. The van der Waals surface area contributed by atoms with Crippen LogP contribution in [0.1, 0.15) is 11.5 Å². The highest BCUT2D eigenvalue weighted by Gasteiger charge is 2.21. The second-order valence-electron chi connectivity index (χ2n) is 4.13. The monoisotopic (exact) mass is 313 g/mol. The first kappa shape index (κ1) is 15.0. The van der Waals surface area contributed by atoms with Crippen molar-refractivity contribution in [3.63, 3.8) is 0 Å². The van der Waals surface area contributed by atoms with E-state index >= 15 is 0 Å². The van der Waals surface area contributed by atoms with Crippen LogP contribution >= 0.6 is 11.8 Å². The zero-order chi connectivity index (χ0) is 14.8. The molecule has 0 saturated carbocycles. The fourth-order valence-corrected chi connectivity index (χ4v) is 3.48. The topological polar surface area (TPSA) is 79.5 Å². The van der Waals surface area contributed by atoms with Crippen molar-refractivity contribution in [2.24, 2.45) is 0 Å². The number of rotatable bonds is 5. The van der Waals surface area contributed by atoms with Gasteiger partial charge in [0.1, 0.15) is 23.0 Å². The van der Waals surface area contributed by atoms with E-state index in [9.17, 15) is 8.42 Å². The van der Waals surface area contributed by atoms with Crippen LogP contribution in [0, 0.1) is 6.92 Å². The van der Waals surface area contributed by atoms with E-state index in [1.165, 1.54) is 17.8 Å². The van der Waals surface area contributed by atoms with Crippen molar-refractivity contribution >= 4 is 27.5 Å². The Morgan fingerprint density at radius 1 is 1.35 bits per heavy atom. The fraction of sp³-hybridized carbons (Fsp3) is 0.231. The van der Waals surface area contributed by atoms with E-state index in [4.69, 9.17) is 9.52 Å². The number of aliphatic hydroxyl groups is 1. The average molecular weight is 313 g/mol. The summed E-state index contributed by atoms with van der Waals surface area (Å²) in [5.74, 6) is 0.475. The first-order chi connectivity index (χ1) is 9.46. The van der Waals surface area contributed by atoms with Gasteiger partial charge in [0, 0.05) is 16.6 Å². The molecule has 5 nitrogen and oxygen atoms in total. The third kappa shape index (κ3) is 3.17. The van der Waals surface area contributed by atoms with Crippen LogP contribution in [0.25, 0.3) is 0 Å². The lowest BCUT2D eigenvalue weighted by atomic mass is 10.3. The summed E-state index contributed by atoms with van der Waals surface area (Å²) in [6, 6.07) is 8.45. The largest absolute Gasteiger partial charge is 0.462 e. The van der Waals surface area contributed by atoms with Gasteiger partial charge in [-0.1, -0.05) is 6.07 Å². The van der Waals surface area contributed by atoms with Gasteiger partial charge in [0.25, 0.3) is 10.0 Å². The van der Waals surface area contributed by atoms with Gasteiger partial charge < -0.3 is 9.52 Å². The van der Waals surface area contributed by atoms with Gasteiger partial charge in [0.05, 0.1) is 0 Å². The fourth-order valence-electron chi connectivity index (χ4n) is 1.77. The van der Waals surface area contributed by atoms with E-state index in [1.54, 1.807) is 25.1 Å². The Hall–Kier alpha value is -1.44. The van der Waals surface area contributed by atoms with Crippen LogP contribution in [0.3, 0.4) is 0 Å². The summed E-state index contributed by atoms with van der Waals surface area (Å²) in [5.41, 5.74) is 0.489. The molecule has 0 atom stereocenters. The molecule has 2 rings (SSSR count). The summed E-state index contributed by atoms with van der Waals surface area (Å²) in [5, 5.41) is 8.99. The zero-order valence-electron chi connectivity index (χ0n) is 11.1. The molecule has 0 aliphatic heterocycles. The highest BCUT2D eigenvalue weighted by atomic mass is 32.2. The molecule has 0 spiro atoms. The Labute approximate surface area is 122 Å². The standard InChI is InChI=1S/C13H15NO4S2/c1-9-13(7-11(8-15)18-9)20(16,17)14-10-4-3-5-12(6-10)19-2/h3-7,14-15H,8H2,1-2H3.